The van der Waals surface area contributed by atoms with Gasteiger partial charge >= 0.3 is 0 Å². The van der Waals surface area contributed by atoms with Gasteiger partial charge in [-0.05, 0) is 42.7 Å². The van der Waals surface area contributed by atoms with Gasteiger partial charge in [-0.25, -0.2) is 9.97 Å². The quantitative estimate of drug-likeness (QED) is 0.662. The van der Waals surface area contributed by atoms with Crippen LogP contribution in [0.15, 0.2) is 65.7 Å². The molecule has 0 aliphatic carbocycles. The van der Waals surface area contributed by atoms with Crippen molar-refractivity contribution in [1.29, 1.82) is 0 Å². The number of hydrogen-bond donors (Lipinski definition) is 1. The second kappa shape index (κ2) is 8.41. The van der Waals surface area contributed by atoms with Crippen molar-refractivity contribution in [2.75, 3.05) is 42.8 Å². The molecule has 4 rings (SSSR count). The van der Waals surface area contributed by atoms with Gasteiger partial charge in [-0.3, -0.25) is 0 Å². The van der Waals surface area contributed by atoms with E-state index < -0.39 is 0 Å². The number of nitrogens with zero attached hydrogens (tertiary/aromatic N) is 3. The van der Waals surface area contributed by atoms with Crippen LogP contribution in [0, 0.1) is 0 Å². The molecule has 27 heavy (non-hydrogen) atoms. The Hall–Kier alpha value is -2.57. The fourth-order valence-corrected chi connectivity index (χ4v) is 3.55. The van der Waals surface area contributed by atoms with Crippen molar-refractivity contribution in [3.63, 3.8) is 0 Å². The number of aromatic nitrogens is 2. The molecule has 6 heteroatoms. The number of nitrogens with one attached hydrogen (secondary N) is 1. The maximum absolute atomic E-state index is 5.47. The van der Waals surface area contributed by atoms with Gasteiger partial charge in [0, 0.05) is 36.2 Å². The monoisotopic (exact) mass is 378 g/mol. The standard InChI is InChI=1S/C21H22N4OS/c1-27-19-15-22-20(24-21(19)25-11-13-26-14-12-25)16-7-9-18(10-8-16)23-17-5-3-2-4-6-17/h2-10,15,23H,11-14H2,1H3. The molecule has 3 aromatic rings. The molecule has 0 radical (unpaired) electrons. The van der Waals surface area contributed by atoms with Crippen molar-refractivity contribution in [3.05, 3.63) is 60.8 Å². The van der Waals surface area contributed by atoms with Gasteiger partial charge in [-0.2, -0.15) is 0 Å². The number of benzene rings is 2. The zero-order valence-corrected chi connectivity index (χ0v) is 16.1. The van der Waals surface area contributed by atoms with Crippen molar-refractivity contribution < 1.29 is 4.74 Å². The molecule has 0 atom stereocenters. The minimum absolute atomic E-state index is 0.743. The topological polar surface area (TPSA) is 50.3 Å². The van der Waals surface area contributed by atoms with Crippen LogP contribution in [0.1, 0.15) is 0 Å². The van der Waals surface area contributed by atoms with E-state index in [9.17, 15) is 0 Å². The fraction of sp³-hybridized carbons (Fsp3) is 0.238. The lowest BCUT2D eigenvalue weighted by atomic mass is 10.2. The summed E-state index contributed by atoms with van der Waals surface area (Å²) < 4.78 is 5.47. The summed E-state index contributed by atoms with van der Waals surface area (Å²) in [7, 11) is 0. The smallest absolute Gasteiger partial charge is 0.161 e. The fourth-order valence-electron chi connectivity index (χ4n) is 3.04. The van der Waals surface area contributed by atoms with E-state index >= 15 is 0 Å². The lowest BCUT2D eigenvalue weighted by molar-refractivity contribution is 0.122. The van der Waals surface area contributed by atoms with Crippen LogP contribution in [-0.2, 0) is 4.74 Å². The summed E-state index contributed by atoms with van der Waals surface area (Å²) in [5.74, 6) is 1.75. The van der Waals surface area contributed by atoms with E-state index in [0.717, 1.165) is 59.8 Å². The molecule has 1 fully saturated rings. The van der Waals surface area contributed by atoms with Gasteiger partial charge in [0.1, 0.15) is 5.82 Å². The summed E-state index contributed by atoms with van der Waals surface area (Å²) in [5.41, 5.74) is 3.12. The van der Waals surface area contributed by atoms with Crippen LogP contribution >= 0.6 is 11.8 Å². The Morgan fingerprint density at radius 3 is 2.37 bits per heavy atom. The first-order valence-electron chi connectivity index (χ1n) is 9.00. The number of thioether (sulfide) groups is 1. The molecule has 2 heterocycles. The SMILES string of the molecule is CSc1cnc(-c2ccc(Nc3ccccc3)cc2)nc1N1CCOCC1. The van der Waals surface area contributed by atoms with Crippen LogP contribution in [0.25, 0.3) is 11.4 Å². The van der Waals surface area contributed by atoms with E-state index in [1.165, 1.54) is 0 Å². The molecule has 0 bridgehead atoms. The summed E-state index contributed by atoms with van der Waals surface area (Å²) in [6.45, 7) is 3.22. The van der Waals surface area contributed by atoms with Gasteiger partial charge in [-0.1, -0.05) is 18.2 Å². The first-order valence-corrected chi connectivity index (χ1v) is 10.2. The minimum atomic E-state index is 0.743. The van der Waals surface area contributed by atoms with Crippen molar-refractivity contribution in [2.45, 2.75) is 4.90 Å². The molecule has 0 spiro atoms. The summed E-state index contributed by atoms with van der Waals surface area (Å²) in [6, 6.07) is 18.4. The highest BCUT2D eigenvalue weighted by Gasteiger charge is 2.17. The maximum atomic E-state index is 5.47. The Morgan fingerprint density at radius 1 is 0.963 bits per heavy atom. The lowest BCUT2D eigenvalue weighted by Crippen LogP contribution is -2.37. The van der Waals surface area contributed by atoms with Crippen LogP contribution in [0.2, 0.25) is 0 Å². The maximum Gasteiger partial charge on any atom is 0.161 e. The number of hydrogen-bond acceptors (Lipinski definition) is 6. The van der Waals surface area contributed by atoms with Gasteiger partial charge in [-0.15, -0.1) is 11.8 Å². The molecule has 1 aliphatic rings. The largest absolute Gasteiger partial charge is 0.378 e. The van der Waals surface area contributed by atoms with E-state index in [-0.39, 0.29) is 0 Å². The summed E-state index contributed by atoms with van der Waals surface area (Å²) in [4.78, 5) is 12.8. The summed E-state index contributed by atoms with van der Waals surface area (Å²) >= 11 is 1.68. The van der Waals surface area contributed by atoms with Crippen LogP contribution in [0.3, 0.4) is 0 Å². The normalized spacial score (nSPS) is 14.2. The number of ether oxygens (including phenoxy) is 1. The van der Waals surface area contributed by atoms with Crippen LogP contribution in [-0.4, -0.2) is 42.5 Å². The van der Waals surface area contributed by atoms with E-state index in [0.29, 0.717) is 0 Å². The predicted molar refractivity (Wildman–Crippen MR) is 112 cm³/mol. The number of anilines is 3. The first-order chi connectivity index (χ1) is 13.3. The van der Waals surface area contributed by atoms with Crippen molar-refractivity contribution >= 4 is 29.0 Å². The van der Waals surface area contributed by atoms with Gasteiger partial charge in [0.05, 0.1) is 18.1 Å². The third-order valence-electron chi connectivity index (χ3n) is 4.47. The van der Waals surface area contributed by atoms with Gasteiger partial charge in [0.2, 0.25) is 0 Å². The molecule has 1 N–H and O–H groups in total. The molecule has 2 aromatic carbocycles. The predicted octanol–water partition coefficient (Wildman–Crippen LogP) is 4.45. The first kappa shape index (κ1) is 17.8. The second-order valence-corrected chi connectivity index (χ2v) is 7.10. The molecule has 1 aliphatic heterocycles. The van der Waals surface area contributed by atoms with Crippen molar-refractivity contribution in [1.82, 2.24) is 9.97 Å². The average Bonchev–Trinajstić information content (AvgIpc) is 2.75. The molecule has 1 aromatic heterocycles. The highest BCUT2D eigenvalue weighted by atomic mass is 32.2. The molecule has 1 saturated heterocycles. The Morgan fingerprint density at radius 2 is 1.67 bits per heavy atom. The molecular formula is C21H22N4OS. The number of rotatable bonds is 5. The molecule has 0 amide bonds. The van der Waals surface area contributed by atoms with E-state index in [1.807, 2.05) is 36.5 Å². The third-order valence-corrected chi connectivity index (χ3v) is 5.20. The zero-order valence-electron chi connectivity index (χ0n) is 15.3. The summed E-state index contributed by atoms with van der Waals surface area (Å²) in [6.07, 6.45) is 3.99. The van der Waals surface area contributed by atoms with Crippen LogP contribution in [0.5, 0.6) is 0 Å². The van der Waals surface area contributed by atoms with Crippen molar-refractivity contribution in [2.24, 2.45) is 0 Å². The zero-order chi connectivity index (χ0) is 18.5. The molecule has 138 valence electrons. The third kappa shape index (κ3) is 4.23. The Kier molecular flexibility index (Phi) is 5.55. The highest BCUT2D eigenvalue weighted by molar-refractivity contribution is 7.98. The minimum Gasteiger partial charge on any atom is -0.378 e. The van der Waals surface area contributed by atoms with Crippen LogP contribution < -0.4 is 10.2 Å². The highest BCUT2D eigenvalue weighted by Crippen LogP contribution is 2.29. The Labute approximate surface area is 163 Å². The van der Waals surface area contributed by atoms with Crippen molar-refractivity contribution in [3.8, 4) is 11.4 Å². The Balaban J connectivity index is 1.57. The molecule has 5 nitrogen and oxygen atoms in total. The number of para-hydroxylation sites is 1. The van der Waals surface area contributed by atoms with Gasteiger partial charge < -0.3 is 15.0 Å². The van der Waals surface area contributed by atoms with Gasteiger partial charge in [0.15, 0.2) is 5.82 Å². The molecule has 0 saturated carbocycles. The van der Waals surface area contributed by atoms with E-state index in [1.54, 1.807) is 11.8 Å². The average molecular weight is 379 g/mol. The number of morpholine rings is 1. The second-order valence-electron chi connectivity index (χ2n) is 6.25. The molecule has 0 unspecified atom stereocenters. The van der Waals surface area contributed by atoms with E-state index in [4.69, 9.17) is 9.72 Å². The molecular weight excluding hydrogens is 356 g/mol. The van der Waals surface area contributed by atoms with Crippen LogP contribution in [0.4, 0.5) is 17.2 Å². The van der Waals surface area contributed by atoms with Gasteiger partial charge in [0.25, 0.3) is 0 Å². The Bertz CT molecular complexity index is 880. The summed E-state index contributed by atoms with van der Waals surface area (Å²) in [5, 5.41) is 3.40. The van der Waals surface area contributed by atoms with E-state index in [2.05, 4.69) is 45.7 Å². The lowest BCUT2D eigenvalue weighted by Gasteiger charge is -2.29.